The highest BCUT2D eigenvalue weighted by Gasteiger charge is 2.37. The number of rotatable bonds is 4. The van der Waals surface area contributed by atoms with Gasteiger partial charge in [-0.3, -0.25) is 19.4 Å². The summed E-state index contributed by atoms with van der Waals surface area (Å²) in [6.45, 7) is 3.48. The van der Waals surface area contributed by atoms with Crippen molar-refractivity contribution in [1.29, 1.82) is 0 Å². The average Bonchev–Trinajstić information content (AvgIpc) is 3.55. The van der Waals surface area contributed by atoms with Crippen molar-refractivity contribution < 1.29 is 9.59 Å². The minimum absolute atomic E-state index is 0.000210. The van der Waals surface area contributed by atoms with Gasteiger partial charge in [-0.1, -0.05) is 18.2 Å². The molecule has 2 fully saturated rings. The fourth-order valence-corrected chi connectivity index (χ4v) is 4.69. The monoisotopic (exact) mass is 422 g/mol. The Kier molecular flexibility index (Phi) is 5.06. The third kappa shape index (κ3) is 3.61. The minimum Gasteiger partial charge on any atom is -0.334 e. The third-order valence-corrected chi connectivity index (χ3v) is 6.47. The summed E-state index contributed by atoms with van der Waals surface area (Å²) in [7, 11) is 0. The number of para-hydroxylation sites is 1. The molecule has 2 saturated heterocycles. The van der Waals surface area contributed by atoms with Gasteiger partial charge in [0, 0.05) is 69.0 Å². The smallest absolute Gasteiger partial charge is 0.282 e. The van der Waals surface area contributed by atoms with Crippen LogP contribution >= 0.6 is 11.3 Å². The number of anilines is 1. The standard InChI is InChI=1S/C21H22N6O2S/c28-19-14-17(24-9-11-25(12-10-24)21(29)20-22-7-13-30-20)15-26(19)18-6-8-27(23-18)16-4-2-1-3-5-16/h1-8,13,17H,9-12,14-15H2. The van der Waals surface area contributed by atoms with Gasteiger partial charge in [-0.2, -0.15) is 0 Å². The van der Waals surface area contributed by atoms with Crippen molar-refractivity contribution >= 4 is 29.0 Å². The van der Waals surface area contributed by atoms with Crippen LogP contribution in [-0.4, -0.2) is 75.1 Å². The second-order valence-corrected chi connectivity index (χ2v) is 8.38. The first-order valence-electron chi connectivity index (χ1n) is 10.0. The summed E-state index contributed by atoms with van der Waals surface area (Å²) in [5.74, 6) is 0.781. The van der Waals surface area contributed by atoms with Crippen LogP contribution in [0.2, 0.25) is 0 Å². The van der Waals surface area contributed by atoms with E-state index in [-0.39, 0.29) is 17.9 Å². The Morgan fingerprint density at radius 1 is 1.07 bits per heavy atom. The summed E-state index contributed by atoms with van der Waals surface area (Å²) in [4.78, 5) is 35.2. The van der Waals surface area contributed by atoms with Crippen LogP contribution in [0.3, 0.4) is 0 Å². The lowest BCUT2D eigenvalue weighted by Crippen LogP contribution is -2.52. The molecule has 30 heavy (non-hydrogen) atoms. The van der Waals surface area contributed by atoms with Gasteiger partial charge in [0.1, 0.15) is 0 Å². The van der Waals surface area contributed by atoms with Crippen LogP contribution < -0.4 is 4.90 Å². The van der Waals surface area contributed by atoms with E-state index < -0.39 is 0 Å². The molecule has 0 aliphatic carbocycles. The molecule has 2 aliphatic heterocycles. The summed E-state index contributed by atoms with van der Waals surface area (Å²) >= 11 is 1.37. The van der Waals surface area contributed by atoms with Gasteiger partial charge in [-0.05, 0) is 12.1 Å². The van der Waals surface area contributed by atoms with Gasteiger partial charge in [0.25, 0.3) is 5.91 Å². The summed E-state index contributed by atoms with van der Waals surface area (Å²) in [5.41, 5.74) is 0.966. The Balaban J connectivity index is 1.21. The zero-order valence-corrected chi connectivity index (χ0v) is 17.2. The van der Waals surface area contributed by atoms with Gasteiger partial charge >= 0.3 is 0 Å². The van der Waals surface area contributed by atoms with Crippen molar-refractivity contribution in [2.75, 3.05) is 37.6 Å². The fourth-order valence-electron chi connectivity index (χ4n) is 4.09. The van der Waals surface area contributed by atoms with E-state index in [1.807, 2.05) is 52.9 Å². The molecule has 2 aromatic heterocycles. The second-order valence-electron chi connectivity index (χ2n) is 7.48. The zero-order valence-electron chi connectivity index (χ0n) is 16.4. The largest absolute Gasteiger partial charge is 0.334 e. The molecular weight excluding hydrogens is 400 g/mol. The first-order chi connectivity index (χ1) is 14.7. The van der Waals surface area contributed by atoms with Crippen LogP contribution in [0.15, 0.2) is 54.2 Å². The number of aromatic nitrogens is 3. The number of benzene rings is 1. The van der Waals surface area contributed by atoms with E-state index in [4.69, 9.17) is 0 Å². The summed E-state index contributed by atoms with van der Waals surface area (Å²) < 4.78 is 1.79. The minimum atomic E-state index is 0.000210. The highest BCUT2D eigenvalue weighted by molar-refractivity contribution is 7.11. The number of nitrogens with zero attached hydrogens (tertiary/aromatic N) is 6. The van der Waals surface area contributed by atoms with Crippen molar-refractivity contribution in [2.45, 2.75) is 12.5 Å². The summed E-state index contributed by atoms with van der Waals surface area (Å²) in [6, 6.07) is 11.9. The molecular formula is C21H22N6O2S. The second kappa shape index (κ2) is 8.00. The lowest BCUT2D eigenvalue weighted by atomic mass is 10.2. The van der Waals surface area contributed by atoms with Crippen molar-refractivity contribution in [3.8, 4) is 5.69 Å². The molecule has 1 unspecified atom stereocenters. The highest BCUT2D eigenvalue weighted by atomic mass is 32.1. The molecule has 0 bridgehead atoms. The number of piperazine rings is 1. The molecule has 0 N–H and O–H groups in total. The number of hydrogen-bond donors (Lipinski definition) is 0. The molecule has 1 aromatic carbocycles. The molecule has 2 amide bonds. The van der Waals surface area contributed by atoms with Crippen LogP contribution in [0.1, 0.15) is 16.2 Å². The fraction of sp³-hybridized carbons (Fsp3) is 0.333. The maximum Gasteiger partial charge on any atom is 0.282 e. The van der Waals surface area contributed by atoms with Crippen LogP contribution in [-0.2, 0) is 4.79 Å². The van der Waals surface area contributed by atoms with Gasteiger partial charge in [0.05, 0.1) is 5.69 Å². The molecule has 3 aromatic rings. The number of amides is 2. The Labute approximate surface area is 178 Å². The van der Waals surface area contributed by atoms with E-state index in [1.165, 1.54) is 11.3 Å². The molecule has 4 heterocycles. The quantitative estimate of drug-likeness (QED) is 0.642. The first-order valence-corrected chi connectivity index (χ1v) is 10.9. The molecule has 2 aliphatic rings. The van der Waals surface area contributed by atoms with E-state index in [0.717, 1.165) is 18.8 Å². The van der Waals surface area contributed by atoms with Crippen molar-refractivity contribution in [2.24, 2.45) is 0 Å². The predicted molar refractivity (Wildman–Crippen MR) is 114 cm³/mol. The number of carbonyl (C=O) groups excluding carboxylic acids is 2. The maximum atomic E-state index is 12.7. The average molecular weight is 423 g/mol. The molecule has 0 saturated carbocycles. The Bertz CT molecular complexity index is 1030. The molecule has 0 spiro atoms. The van der Waals surface area contributed by atoms with Crippen LogP contribution in [0, 0.1) is 0 Å². The van der Waals surface area contributed by atoms with E-state index in [2.05, 4.69) is 15.0 Å². The first kappa shape index (κ1) is 19.0. The topological polar surface area (TPSA) is 74.6 Å². The maximum absolute atomic E-state index is 12.7. The van der Waals surface area contributed by atoms with Crippen LogP contribution in [0.5, 0.6) is 0 Å². The molecule has 5 rings (SSSR count). The summed E-state index contributed by atoms with van der Waals surface area (Å²) in [6.07, 6.45) is 4.03. The Morgan fingerprint density at radius 3 is 2.60 bits per heavy atom. The molecule has 1 atom stereocenters. The third-order valence-electron chi connectivity index (χ3n) is 5.71. The molecule has 9 heteroatoms. The molecule has 0 radical (unpaired) electrons. The predicted octanol–water partition coefficient (Wildman–Crippen LogP) is 1.89. The van der Waals surface area contributed by atoms with Crippen LogP contribution in [0.4, 0.5) is 5.82 Å². The summed E-state index contributed by atoms with van der Waals surface area (Å²) in [5, 5.41) is 6.96. The molecule has 8 nitrogen and oxygen atoms in total. The lowest BCUT2D eigenvalue weighted by molar-refractivity contribution is -0.117. The van der Waals surface area contributed by atoms with Gasteiger partial charge in [-0.25, -0.2) is 9.67 Å². The van der Waals surface area contributed by atoms with Gasteiger partial charge in [0.2, 0.25) is 5.91 Å². The molecule has 154 valence electrons. The van der Waals surface area contributed by atoms with E-state index in [0.29, 0.717) is 36.9 Å². The lowest BCUT2D eigenvalue weighted by Gasteiger charge is -2.37. The Hall–Kier alpha value is -3.04. The number of carbonyl (C=O) groups is 2. The van der Waals surface area contributed by atoms with Gasteiger partial charge < -0.3 is 4.90 Å². The van der Waals surface area contributed by atoms with E-state index in [9.17, 15) is 9.59 Å². The van der Waals surface area contributed by atoms with Crippen molar-refractivity contribution in [3.05, 3.63) is 59.2 Å². The van der Waals surface area contributed by atoms with Gasteiger partial charge in [0.15, 0.2) is 10.8 Å². The zero-order chi connectivity index (χ0) is 20.5. The van der Waals surface area contributed by atoms with Gasteiger partial charge in [-0.15, -0.1) is 16.4 Å². The van der Waals surface area contributed by atoms with Crippen molar-refractivity contribution in [3.63, 3.8) is 0 Å². The highest BCUT2D eigenvalue weighted by Crippen LogP contribution is 2.25. The van der Waals surface area contributed by atoms with Crippen LogP contribution in [0.25, 0.3) is 5.69 Å². The normalized spacial score (nSPS) is 20.1. The number of thiazole rings is 1. The number of hydrogen-bond acceptors (Lipinski definition) is 6. The van der Waals surface area contributed by atoms with E-state index in [1.54, 1.807) is 15.8 Å². The SMILES string of the molecule is O=C(c1nccs1)N1CCN(C2CC(=O)N(c3ccn(-c4ccccc4)n3)C2)CC1. The van der Waals surface area contributed by atoms with E-state index >= 15 is 0 Å². The van der Waals surface area contributed by atoms with Crippen molar-refractivity contribution in [1.82, 2.24) is 24.6 Å². The Morgan fingerprint density at radius 2 is 1.87 bits per heavy atom.